The highest BCUT2D eigenvalue weighted by atomic mass is 16.6. The minimum Gasteiger partial charge on any atom is -0.508 e. The Kier molecular flexibility index (Phi) is 17.9. The van der Waals surface area contributed by atoms with Crippen LogP contribution in [-0.4, -0.2) is 82.5 Å². The molecule has 38 heavy (non-hydrogen) atoms. The number of aromatic hydroxyl groups is 1. The van der Waals surface area contributed by atoms with Crippen LogP contribution in [-0.2, 0) is 39.7 Å². The van der Waals surface area contributed by atoms with Crippen LogP contribution in [0.15, 0.2) is 36.4 Å². The van der Waals surface area contributed by atoms with Crippen LogP contribution < -0.4 is 5.32 Å². The van der Waals surface area contributed by atoms with E-state index in [1.807, 2.05) is 12.1 Å². The zero-order valence-corrected chi connectivity index (χ0v) is 22.6. The van der Waals surface area contributed by atoms with Crippen LogP contribution in [0.25, 0.3) is 0 Å². The molecule has 0 saturated carbocycles. The van der Waals surface area contributed by atoms with Crippen LogP contribution in [0.1, 0.15) is 56.9 Å². The molecule has 0 radical (unpaired) electrons. The second-order valence-electron chi connectivity index (χ2n) is 9.16. The third kappa shape index (κ3) is 17.1. The molecule has 1 aliphatic carbocycles. The fourth-order valence-electron chi connectivity index (χ4n) is 3.83. The van der Waals surface area contributed by atoms with E-state index in [2.05, 4.69) is 17.5 Å². The molecule has 1 aromatic rings. The lowest BCUT2D eigenvalue weighted by Gasteiger charge is -2.18. The van der Waals surface area contributed by atoms with Gasteiger partial charge in [0.25, 0.3) is 0 Å². The van der Waals surface area contributed by atoms with Gasteiger partial charge in [-0.25, -0.2) is 0 Å². The molecule has 0 fully saturated rings. The first-order valence-electron chi connectivity index (χ1n) is 13.8. The number of allylic oxidation sites excluding steroid dienone is 2. The van der Waals surface area contributed by atoms with Crippen LogP contribution in [0.5, 0.6) is 5.75 Å². The molecule has 1 unspecified atom stereocenters. The van der Waals surface area contributed by atoms with Crippen LogP contribution in [0.2, 0.25) is 0 Å². The lowest BCUT2D eigenvalue weighted by molar-refractivity contribution is -0.150. The molecule has 1 amide bonds. The summed E-state index contributed by atoms with van der Waals surface area (Å²) in [6.07, 6.45) is 11.5. The minimum atomic E-state index is -0.134. The SMILES string of the molecule is O=C(CCOCCOCCOCCOCCCC(=O)OC1CC/C=C/CCC1)NCCc1ccc(O)cc1. The summed E-state index contributed by atoms with van der Waals surface area (Å²) in [5.41, 5.74) is 1.06. The Morgan fingerprint density at radius 2 is 1.42 bits per heavy atom. The summed E-state index contributed by atoms with van der Waals surface area (Å²) in [4.78, 5) is 23.8. The van der Waals surface area contributed by atoms with E-state index in [0.717, 1.165) is 37.7 Å². The van der Waals surface area contributed by atoms with Gasteiger partial charge >= 0.3 is 5.97 Å². The normalized spacial score (nSPS) is 16.4. The van der Waals surface area contributed by atoms with Gasteiger partial charge in [0.05, 0.1) is 46.2 Å². The molecule has 0 bridgehead atoms. The quantitative estimate of drug-likeness (QED) is 0.148. The molecule has 0 saturated heterocycles. The highest BCUT2D eigenvalue weighted by Gasteiger charge is 2.14. The van der Waals surface area contributed by atoms with Gasteiger partial charge in [-0.2, -0.15) is 0 Å². The first-order valence-corrected chi connectivity index (χ1v) is 13.8. The Morgan fingerprint density at radius 3 is 2.13 bits per heavy atom. The van der Waals surface area contributed by atoms with E-state index < -0.39 is 0 Å². The van der Waals surface area contributed by atoms with Gasteiger partial charge in [0.15, 0.2) is 0 Å². The third-order valence-corrected chi connectivity index (χ3v) is 5.95. The number of amides is 1. The molecular formula is C29H45NO8. The molecule has 0 aliphatic heterocycles. The number of phenols is 1. The molecule has 9 nitrogen and oxygen atoms in total. The second kappa shape index (κ2) is 21.5. The fraction of sp³-hybridized carbons (Fsp3) is 0.655. The summed E-state index contributed by atoms with van der Waals surface area (Å²) in [5, 5.41) is 12.1. The molecule has 1 aromatic carbocycles. The average Bonchev–Trinajstić information content (AvgIpc) is 2.89. The minimum absolute atomic E-state index is 0.0519. The molecule has 0 aromatic heterocycles. The van der Waals surface area contributed by atoms with Crippen molar-refractivity contribution in [2.45, 2.75) is 63.9 Å². The van der Waals surface area contributed by atoms with Gasteiger partial charge in [0, 0.05) is 26.0 Å². The maximum Gasteiger partial charge on any atom is 0.306 e. The number of phenolic OH excluding ortho intramolecular Hbond substituents is 1. The predicted octanol–water partition coefficient (Wildman–Crippen LogP) is 3.72. The van der Waals surface area contributed by atoms with Gasteiger partial charge in [-0.15, -0.1) is 0 Å². The van der Waals surface area contributed by atoms with Gasteiger partial charge in [0.1, 0.15) is 11.9 Å². The van der Waals surface area contributed by atoms with Crippen molar-refractivity contribution in [3.63, 3.8) is 0 Å². The number of carbonyl (C=O) groups excluding carboxylic acids is 2. The lowest BCUT2D eigenvalue weighted by atomic mass is 10.0. The maximum atomic E-state index is 12.0. The van der Waals surface area contributed by atoms with Crippen molar-refractivity contribution in [2.24, 2.45) is 0 Å². The Hall–Kier alpha value is -2.46. The lowest BCUT2D eigenvalue weighted by Crippen LogP contribution is -2.26. The number of hydrogen-bond donors (Lipinski definition) is 2. The standard InChI is InChI=1S/C29H45NO8/c31-26-12-10-25(11-13-26)14-16-30-28(32)15-18-35-20-22-37-24-23-36-21-19-34-17-6-9-29(33)38-27-7-4-2-1-3-5-8-27/h1-2,10-13,27,31H,3-9,14-24H2,(H,30,32)/b2-1+. The first-order chi connectivity index (χ1) is 18.6. The number of nitrogens with one attached hydrogen (secondary N) is 1. The summed E-state index contributed by atoms with van der Waals surface area (Å²) >= 11 is 0. The Balaban J connectivity index is 1.27. The van der Waals surface area contributed by atoms with Crippen LogP contribution in [0.4, 0.5) is 0 Å². The molecule has 1 aliphatic rings. The van der Waals surface area contributed by atoms with Crippen LogP contribution in [0, 0.1) is 0 Å². The van der Waals surface area contributed by atoms with Crippen molar-refractivity contribution in [1.82, 2.24) is 5.32 Å². The van der Waals surface area contributed by atoms with E-state index in [-0.39, 0.29) is 23.7 Å². The zero-order valence-electron chi connectivity index (χ0n) is 22.6. The molecule has 1 atom stereocenters. The highest BCUT2D eigenvalue weighted by molar-refractivity contribution is 5.75. The average molecular weight is 536 g/mol. The molecular weight excluding hydrogens is 490 g/mol. The van der Waals surface area contributed by atoms with Crippen molar-refractivity contribution < 1.29 is 38.4 Å². The van der Waals surface area contributed by atoms with Gasteiger partial charge in [0.2, 0.25) is 5.91 Å². The predicted molar refractivity (Wildman–Crippen MR) is 144 cm³/mol. The van der Waals surface area contributed by atoms with E-state index in [4.69, 9.17) is 23.7 Å². The van der Waals surface area contributed by atoms with Gasteiger partial charge in [-0.05, 0) is 62.6 Å². The third-order valence-electron chi connectivity index (χ3n) is 5.95. The van der Waals surface area contributed by atoms with Crippen molar-refractivity contribution in [1.29, 1.82) is 0 Å². The maximum absolute atomic E-state index is 12.0. The number of carbonyl (C=O) groups is 2. The topological polar surface area (TPSA) is 113 Å². The molecule has 9 heteroatoms. The van der Waals surface area contributed by atoms with Crippen LogP contribution >= 0.6 is 0 Å². The smallest absolute Gasteiger partial charge is 0.306 e. The summed E-state index contributed by atoms with van der Waals surface area (Å²) in [5.74, 6) is 0.0481. The summed E-state index contributed by atoms with van der Waals surface area (Å²) in [7, 11) is 0. The van der Waals surface area contributed by atoms with Gasteiger partial charge in [-0.3, -0.25) is 9.59 Å². The molecule has 0 spiro atoms. The fourth-order valence-corrected chi connectivity index (χ4v) is 3.83. The summed E-state index contributed by atoms with van der Waals surface area (Å²) in [6.45, 7) is 4.14. The van der Waals surface area contributed by atoms with Crippen molar-refractivity contribution in [3.8, 4) is 5.75 Å². The number of hydrogen-bond acceptors (Lipinski definition) is 8. The van der Waals surface area contributed by atoms with Crippen molar-refractivity contribution >= 4 is 11.9 Å². The van der Waals surface area contributed by atoms with E-state index >= 15 is 0 Å². The summed E-state index contributed by atoms with van der Waals surface area (Å²) in [6, 6.07) is 6.95. The van der Waals surface area contributed by atoms with E-state index in [1.54, 1.807) is 12.1 Å². The van der Waals surface area contributed by atoms with E-state index in [1.165, 1.54) is 0 Å². The number of rotatable bonds is 20. The van der Waals surface area contributed by atoms with Gasteiger partial charge in [-0.1, -0.05) is 24.3 Å². The van der Waals surface area contributed by atoms with Crippen LogP contribution in [0.3, 0.4) is 0 Å². The Labute approximate surface area is 226 Å². The molecule has 2 rings (SSSR count). The van der Waals surface area contributed by atoms with Crippen molar-refractivity contribution in [2.75, 3.05) is 59.4 Å². The number of esters is 1. The number of ether oxygens (including phenoxy) is 5. The van der Waals surface area contributed by atoms with E-state index in [9.17, 15) is 14.7 Å². The highest BCUT2D eigenvalue weighted by Crippen LogP contribution is 2.16. The number of benzene rings is 1. The Morgan fingerprint density at radius 1 is 0.789 bits per heavy atom. The molecule has 214 valence electrons. The monoisotopic (exact) mass is 535 g/mol. The largest absolute Gasteiger partial charge is 0.508 e. The molecule has 2 N–H and O–H groups in total. The first kappa shape index (κ1) is 31.8. The zero-order chi connectivity index (χ0) is 27.1. The Bertz CT molecular complexity index is 783. The van der Waals surface area contributed by atoms with E-state index in [0.29, 0.717) is 85.1 Å². The van der Waals surface area contributed by atoms with Gasteiger partial charge < -0.3 is 34.1 Å². The summed E-state index contributed by atoms with van der Waals surface area (Å²) < 4.78 is 27.4. The van der Waals surface area contributed by atoms with Crippen molar-refractivity contribution in [3.05, 3.63) is 42.0 Å². The molecule has 0 heterocycles. The second-order valence-corrected chi connectivity index (χ2v) is 9.16.